The van der Waals surface area contributed by atoms with Crippen LogP contribution in [0.5, 0.6) is 0 Å². The molecule has 0 aliphatic heterocycles. The Bertz CT molecular complexity index is 595. The summed E-state index contributed by atoms with van der Waals surface area (Å²) < 4.78 is 6.12. The first kappa shape index (κ1) is 19.3. The standard InChI is InChI=1S/C16H22N2O4S2/c1-12(22-18(19)20)10-23-9-8-21-15(14-6-4-3-5-7-14)16-13(2)17-11-24-16/h3-7,11-12,15,19-20H,8-10H2,1-2H3. The van der Waals surface area contributed by atoms with Crippen molar-refractivity contribution >= 4 is 23.1 Å². The Morgan fingerprint density at radius 2 is 2.04 bits per heavy atom. The van der Waals surface area contributed by atoms with Crippen molar-refractivity contribution in [2.24, 2.45) is 0 Å². The minimum atomic E-state index is -0.293. The summed E-state index contributed by atoms with van der Waals surface area (Å²) in [6.07, 6.45) is -0.406. The van der Waals surface area contributed by atoms with Crippen LogP contribution in [0.3, 0.4) is 0 Å². The molecule has 0 fully saturated rings. The predicted molar refractivity (Wildman–Crippen MR) is 94.4 cm³/mol. The lowest BCUT2D eigenvalue weighted by Gasteiger charge is -2.18. The van der Waals surface area contributed by atoms with Crippen molar-refractivity contribution in [1.29, 1.82) is 0 Å². The van der Waals surface area contributed by atoms with Crippen LogP contribution in [0.25, 0.3) is 0 Å². The molecule has 132 valence electrons. The van der Waals surface area contributed by atoms with Gasteiger partial charge in [-0.15, -0.1) is 11.3 Å². The summed E-state index contributed by atoms with van der Waals surface area (Å²) in [5.74, 6) is 1.42. The number of rotatable bonds is 10. The van der Waals surface area contributed by atoms with Gasteiger partial charge in [0.25, 0.3) is 0 Å². The molecule has 2 rings (SSSR count). The van der Waals surface area contributed by atoms with Crippen LogP contribution < -0.4 is 0 Å². The lowest BCUT2D eigenvalue weighted by Crippen LogP contribution is -2.23. The van der Waals surface area contributed by atoms with Gasteiger partial charge in [0.1, 0.15) is 6.10 Å². The number of hydrogen-bond acceptors (Lipinski definition) is 8. The Labute approximate surface area is 149 Å². The second-order valence-electron chi connectivity index (χ2n) is 5.21. The Hall–Kier alpha value is -1.00. The van der Waals surface area contributed by atoms with Crippen LogP contribution in [-0.2, 0) is 9.57 Å². The molecule has 1 aromatic heterocycles. The smallest absolute Gasteiger partial charge is 0.119 e. The molecule has 0 radical (unpaired) electrons. The highest BCUT2D eigenvalue weighted by atomic mass is 32.2. The summed E-state index contributed by atoms with van der Waals surface area (Å²) in [4.78, 5) is 10.1. The topological polar surface area (TPSA) is 75.1 Å². The maximum atomic E-state index is 8.58. The monoisotopic (exact) mass is 370 g/mol. The quantitative estimate of drug-likeness (QED) is 0.488. The molecule has 0 bridgehead atoms. The molecule has 0 spiro atoms. The van der Waals surface area contributed by atoms with Crippen LogP contribution in [0.4, 0.5) is 0 Å². The molecule has 6 nitrogen and oxygen atoms in total. The Morgan fingerprint density at radius 3 is 2.67 bits per heavy atom. The first-order valence-corrected chi connectivity index (χ1v) is 9.60. The minimum absolute atomic E-state index is 0.113. The highest BCUT2D eigenvalue weighted by Crippen LogP contribution is 2.31. The Balaban J connectivity index is 1.85. The summed E-state index contributed by atoms with van der Waals surface area (Å²) >= 11 is 3.23. The molecule has 0 aliphatic carbocycles. The van der Waals surface area contributed by atoms with E-state index in [2.05, 4.69) is 17.1 Å². The van der Waals surface area contributed by atoms with Gasteiger partial charge in [-0.3, -0.25) is 10.4 Å². The zero-order chi connectivity index (χ0) is 17.4. The summed E-state index contributed by atoms with van der Waals surface area (Å²) in [6.45, 7) is 4.34. The molecule has 24 heavy (non-hydrogen) atoms. The van der Waals surface area contributed by atoms with Gasteiger partial charge in [-0.2, -0.15) is 11.8 Å². The molecule has 2 N–H and O–H groups in total. The fourth-order valence-corrected chi connectivity index (χ4v) is 3.83. The van der Waals surface area contributed by atoms with Gasteiger partial charge in [-0.1, -0.05) is 30.3 Å². The highest BCUT2D eigenvalue weighted by molar-refractivity contribution is 7.99. The minimum Gasteiger partial charge on any atom is -0.367 e. The molecule has 2 unspecified atom stereocenters. The van der Waals surface area contributed by atoms with E-state index in [1.807, 2.05) is 30.6 Å². The average Bonchev–Trinajstić information content (AvgIpc) is 2.97. The predicted octanol–water partition coefficient (Wildman–Crippen LogP) is 3.69. The van der Waals surface area contributed by atoms with Crippen molar-refractivity contribution in [3.63, 3.8) is 0 Å². The van der Waals surface area contributed by atoms with Crippen LogP contribution in [0.1, 0.15) is 29.2 Å². The van der Waals surface area contributed by atoms with E-state index in [0.717, 1.165) is 21.9 Å². The molecule has 8 heteroatoms. The van der Waals surface area contributed by atoms with Crippen molar-refractivity contribution in [2.75, 3.05) is 18.1 Å². The van der Waals surface area contributed by atoms with Crippen LogP contribution in [0, 0.1) is 6.92 Å². The highest BCUT2D eigenvalue weighted by Gasteiger charge is 2.19. The molecule has 1 heterocycles. The summed E-state index contributed by atoms with van der Waals surface area (Å²) in [7, 11) is 0. The number of hydrogen-bond donors (Lipinski definition) is 2. The maximum Gasteiger partial charge on any atom is 0.119 e. The van der Waals surface area contributed by atoms with E-state index in [4.69, 9.17) is 20.0 Å². The van der Waals surface area contributed by atoms with Crippen molar-refractivity contribution in [3.05, 3.63) is 52.0 Å². The SMILES string of the molecule is Cc1ncsc1C(OCCSCC(C)ON(O)O)c1ccccc1. The van der Waals surface area contributed by atoms with E-state index in [1.54, 1.807) is 30.0 Å². The largest absolute Gasteiger partial charge is 0.367 e. The van der Waals surface area contributed by atoms with E-state index in [1.165, 1.54) is 0 Å². The number of ether oxygens (including phenoxy) is 1. The second kappa shape index (κ2) is 10.1. The van der Waals surface area contributed by atoms with Crippen molar-refractivity contribution in [2.45, 2.75) is 26.1 Å². The van der Waals surface area contributed by atoms with E-state index >= 15 is 0 Å². The van der Waals surface area contributed by atoms with Gasteiger partial charge in [-0.05, 0) is 19.4 Å². The van der Waals surface area contributed by atoms with Crippen LogP contribution in [0.15, 0.2) is 35.8 Å². The normalized spacial score (nSPS) is 14.0. The number of aryl methyl sites for hydroxylation is 1. The molecular formula is C16H22N2O4S2. The maximum absolute atomic E-state index is 8.58. The Kier molecular flexibility index (Phi) is 8.13. The van der Waals surface area contributed by atoms with E-state index in [9.17, 15) is 0 Å². The number of benzene rings is 1. The molecule has 0 saturated carbocycles. The van der Waals surface area contributed by atoms with Crippen molar-refractivity contribution in [1.82, 2.24) is 10.4 Å². The van der Waals surface area contributed by atoms with Gasteiger partial charge in [0, 0.05) is 11.5 Å². The van der Waals surface area contributed by atoms with Crippen LogP contribution >= 0.6 is 23.1 Å². The van der Waals surface area contributed by atoms with E-state index in [0.29, 0.717) is 12.4 Å². The lowest BCUT2D eigenvalue weighted by atomic mass is 10.1. The number of aromatic nitrogens is 1. The third kappa shape index (κ3) is 6.14. The molecule has 2 atom stereocenters. The first-order valence-electron chi connectivity index (χ1n) is 7.57. The van der Waals surface area contributed by atoms with E-state index in [-0.39, 0.29) is 17.6 Å². The fourth-order valence-electron chi connectivity index (χ4n) is 2.18. The number of thiazole rings is 1. The number of nitrogens with zero attached hydrogens (tertiary/aromatic N) is 2. The molecule has 2 aromatic rings. The van der Waals surface area contributed by atoms with Crippen LogP contribution in [0.2, 0.25) is 0 Å². The average molecular weight is 370 g/mol. The third-order valence-corrected chi connectivity index (χ3v) is 5.40. The number of thioether (sulfide) groups is 1. The third-order valence-electron chi connectivity index (χ3n) is 3.26. The van der Waals surface area contributed by atoms with Gasteiger partial charge in [0.05, 0.1) is 34.2 Å². The zero-order valence-corrected chi connectivity index (χ0v) is 15.3. The molecule has 0 aliphatic rings. The van der Waals surface area contributed by atoms with E-state index < -0.39 is 0 Å². The fraction of sp³-hybridized carbons (Fsp3) is 0.438. The van der Waals surface area contributed by atoms with Crippen LogP contribution in [-0.4, -0.2) is 45.0 Å². The molecule has 0 saturated heterocycles. The molecule has 0 amide bonds. The van der Waals surface area contributed by atoms with Gasteiger partial charge in [0.15, 0.2) is 0 Å². The van der Waals surface area contributed by atoms with Gasteiger partial charge < -0.3 is 4.74 Å². The second-order valence-corrected chi connectivity index (χ2v) is 7.24. The van der Waals surface area contributed by atoms with Gasteiger partial charge in [-0.25, -0.2) is 9.82 Å². The summed E-state index contributed by atoms with van der Waals surface area (Å²) in [5, 5.41) is 16.9. The van der Waals surface area contributed by atoms with Gasteiger partial charge >= 0.3 is 0 Å². The zero-order valence-electron chi connectivity index (χ0n) is 13.7. The summed E-state index contributed by atoms with van der Waals surface area (Å²) in [6, 6.07) is 10.1. The van der Waals surface area contributed by atoms with Crippen molar-refractivity contribution < 1.29 is 20.0 Å². The Morgan fingerprint density at radius 1 is 1.29 bits per heavy atom. The van der Waals surface area contributed by atoms with Crippen molar-refractivity contribution in [3.8, 4) is 0 Å². The molecule has 1 aromatic carbocycles. The summed E-state index contributed by atoms with van der Waals surface area (Å²) in [5.41, 5.74) is 3.95. The lowest BCUT2D eigenvalue weighted by molar-refractivity contribution is -0.501. The molecular weight excluding hydrogens is 348 g/mol. The first-order chi connectivity index (χ1) is 11.6. The van der Waals surface area contributed by atoms with Gasteiger partial charge in [0.2, 0.25) is 0 Å².